The van der Waals surface area contributed by atoms with E-state index in [-0.39, 0.29) is 12.1 Å². The highest BCUT2D eigenvalue weighted by atomic mass is 35.5. The van der Waals surface area contributed by atoms with Gasteiger partial charge >= 0.3 is 0 Å². The van der Waals surface area contributed by atoms with Crippen molar-refractivity contribution in [2.45, 2.75) is 44.1 Å². The van der Waals surface area contributed by atoms with Crippen molar-refractivity contribution in [3.05, 3.63) is 89.4 Å². The molecule has 0 amide bonds. The van der Waals surface area contributed by atoms with E-state index in [0.29, 0.717) is 22.3 Å². The topological polar surface area (TPSA) is 50.7 Å². The van der Waals surface area contributed by atoms with Crippen molar-refractivity contribution in [1.29, 1.82) is 0 Å². The number of aliphatic hydroxyl groups excluding tert-OH is 1. The quantitative estimate of drug-likeness (QED) is 0.520. The maximum absolute atomic E-state index is 10.9. The number of benzene rings is 3. The molecule has 0 heterocycles. The lowest BCUT2D eigenvalue weighted by atomic mass is 9.89. The molecule has 5 heteroatoms. The number of rotatable bonds is 7. The highest BCUT2D eigenvalue weighted by Crippen LogP contribution is 2.34. The maximum Gasteiger partial charge on any atom is 0.169 e. The fraction of sp³-hybridized carbons (Fsp3) is 0.280. The molecule has 0 saturated heterocycles. The number of hydrogen-bond acceptors (Lipinski definition) is 4. The largest absolute Gasteiger partial charge is 0.484 e. The number of ether oxygens (including phenoxy) is 2. The predicted molar refractivity (Wildman–Crippen MR) is 119 cm³/mol. The van der Waals surface area contributed by atoms with Crippen molar-refractivity contribution in [2.24, 2.45) is 0 Å². The van der Waals surface area contributed by atoms with Crippen LogP contribution < -0.4 is 14.8 Å². The number of hydrogen-bond donors (Lipinski definition) is 2. The molecule has 2 N–H and O–H groups in total. The molecule has 1 aliphatic carbocycles. The third-order valence-electron chi connectivity index (χ3n) is 5.36. The van der Waals surface area contributed by atoms with E-state index in [1.807, 2.05) is 54.6 Å². The lowest BCUT2D eigenvalue weighted by Crippen LogP contribution is -2.50. The molecule has 1 fully saturated rings. The Bertz CT molecular complexity index is 950. The number of halogens is 1. The third kappa shape index (κ3) is 5.33. The molecule has 1 saturated carbocycles. The van der Waals surface area contributed by atoms with Crippen LogP contribution in [0.1, 0.15) is 24.8 Å². The van der Waals surface area contributed by atoms with Gasteiger partial charge in [0.25, 0.3) is 0 Å². The molecule has 0 unspecified atom stereocenters. The van der Waals surface area contributed by atoms with Gasteiger partial charge in [-0.15, -0.1) is 0 Å². The Morgan fingerprint density at radius 1 is 0.900 bits per heavy atom. The van der Waals surface area contributed by atoms with Crippen molar-refractivity contribution in [2.75, 3.05) is 0 Å². The molecule has 4 rings (SSSR count). The fourth-order valence-corrected chi connectivity index (χ4v) is 3.97. The van der Waals surface area contributed by atoms with Gasteiger partial charge in [-0.25, -0.2) is 0 Å². The first kappa shape index (κ1) is 20.7. The Morgan fingerprint density at radius 2 is 1.67 bits per heavy atom. The summed E-state index contributed by atoms with van der Waals surface area (Å²) >= 11 is 6.06. The van der Waals surface area contributed by atoms with Gasteiger partial charge in [0.1, 0.15) is 18.0 Å². The van der Waals surface area contributed by atoms with Crippen LogP contribution in [-0.4, -0.2) is 23.4 Å². The molecule has 4 nitrogen and oxygen atoms in total. The molecular formula is C25H26ClNO3. The summed E-state index contributed by atoms with van der Waals surface area (Å²) in [7, 11) is 0. The number of aliphatic hydroxyl groups is 1. The van der Waals surface area contributed by atoms with E-state index in [4.69, 9.17) is 21.1 Å². The molecule has 1 aliphatic rings. The summed E-state index contributed by atoms with van der Waals surface area (Å²) in [5, 5.41) is 15.0. The highest BCUT2D eigenvalue weighted by Gasteiger charge is 2.33. The standard InChI is InChI=1S/C25H26ClNO3/c26-19-10-6-11-20(16-19)29-22-13-4-5-14-23(22)30-24-15-7-12-21(25(24)28)27-17-18-8-2-1-3-9-18/h1-6,8-11,13-14,16,21,24-25,27-28H,7,12,15,17H2/t21-,24-,25-/m1/s1. The fourth-order valence-electron chi connectivity index (χ4n) is 3.79. The first-order valence-electron chi connectivity index (χ1n) is 10.3. The van der Waals surface area contributed by atoms with E-state index in [0.717, 1.165) is 25.8 Å². The van der Waals surface area contributed by atoms with Crippen LogP contribution in [0.25, 0.3) is 0 Å². The van der Waals surface area contributed by atoms with Crippen molar-refractivity contribution in [3.63, 3.8) is 0 Å². The maximum atomic E-state index is 10.9. The molecule has 3 aromatic rings. The summed E-state index contributed by atoms with van der Waals surface area (Å²) in [6.07, 6.45) is 1.83. The van der Waals surface area contributed by atoms with E-state index >= 15 is 0 Å². The smallest absolute Gasteiger partial charge is 0.169 e. The van der Waals surface area contributed by atoms with E-state index in [2.05, 4.69) is 17.4 Å². The summed E-state index contributed by atoms with van der Waals surface area (Å²) in [4.78, 5) is 0. The van der Waals surface area contributed by atoms with Gasteiger partial charge in [-0.05, 0) is 55.2 Å². The normalized spacial score (nSPS) is 21.2. The summed E-state index contributed by atoms with van der Waals surface area (Å²) < 4.78 is 12.2. The van der Waals surface area contributed by atoms with Gasteiger partial charge in [0, 0.05) is 17.6 Å². The molecule has 3 aromatic carbocycles. The molecule has 0 spiro atoms. The Hall–Kier alpha value is -2.53. The molecule has 156 valence electrons. The van der Waals surface area contributed by atoms with Crippen LogP contribution in [0.3, 0.4) is 0 Å². The van der Waals surface area contributed by atoms with Crippen LogP contribution in [0.5, 0.6) is 17.2 Å². The van der Waals surface area contributed by atoms with Gasteiger partial charge in [0.05, 0.1) is 0 Å². The molecule has 3 atom stereocenters. The Morgan fingerprint density at radius 3 is 2.47 bits per heavy atom. The minimum absolute atomic E-state index is 0.00929. The second kappa shape index (κ2) is 9.98. The first-order chi connectivity index (χ1) is 14.7. The van der Waals surface area contributed by atoms with Gasteiger partial charge in [-0.1, -0.05) is 60.1 Å². The minimum atomic E-state index is -0.596. The molecule has 0 bridgehead atoms. The molecule has 0 aliphatic heterocycles. The average Bonchev–Trinajstić information content (AvgIpc) is 2.76. The van der Waals surface area contributed by atoms with Crippen LogP contribution in [-0.2, 0) is 6.54 Å². The zero-order valence-electron chi connectivity index (χ0n) is 16.7. The van der Waals surface area contributed by atoms with Crippen molar-refractivity contribution >= 4 is 11.6 Å². The number of nitrogens with one attached hydrogen (secondary N) is 1. The van der Waals surface area contributed by atoms with Gasteiger partial charge in [0.15, 0.2) is 11.5 Å². The summed E-state index contributed by atoms with van der Waals surface area (Å²) in [6.45, 7) is 0.726. The molecule has 30 heavy (non-hydrogen) atoms. The van der Waals surface area contributed by atoms with Gasteiger partial charge < -0.3 is 19.9 Å². The monoisotopic (exact) mass is 423 g/mol. The second-order valence-corrected chi connectivity index (χ2v) is 7.99. The van der Waals surface area contributed by atoms with Crippen LogP contribution in [0.2, 0.25) is 5.02 Å². The lowest BCUT2D eigenvalue weighted by Gasteiger charge is -2.35. The highest BCUT2D eigenvalue weighted by molar-refractivity contribution is 6.30. The SMILES string of the molecule is O[C@@H]1[C@H](NCc2ccccc2)CCC[C@H]1Oc1ccccc1Oc1cccc(Cl)c1. The molecular weight excluding hydrogens is 398 g/mol. The predicted octanol–water partition coefficient (Wildman–Crippen LogP) is 5.58. The van der Waals surface area contributed by atoms with E-state index in [1.54, 1.807) is 12.1 Å². The van der Waals surface area contributed by atoms with Gasteiger partial charge in [-0.3, -0.25) is 0 Å². The van der Waals surface area contributed by atoms with Crippen molar-refractivity contribution in [1.82, 2.24) is 5.32 Å². The van der Waals surface area contributed by atoms with Crippen LogP contribution >= 0.6 is 11.6 Å². The summed E-state index contributed by atoms with van der Waals surface area (Å²) in [5.74, 6) is 1.86. The van der Waals surface area contributed by atoms with E-state index in [9.17, 15) is 5.11 Å². The van der Waals surface area contributed by atoms with E-state index in [1.165, 1.54) is 5.56 Å². The van der Waals surface area contributed by atoms with Crippen LogP contribution in [0.15, 0.2) is 78.9 Å². The number of para-hydroxylation sites is 2. The second-order valence-electron chi connectivity index (χ2n) is 7.56. The van der Waals surface area contributed by atoms with E-state index < -0.39 is 6.10 Å². The zero-order valence-corrected chi connectivity index (χ0v) is 17.5. The van der Waals surface area contributed by atoms with Gasteiger partial charge in [-0.2, -0.15) is 0 Å². The van der Waals surface area contributed by atoms with Crippen molar-refractivity contribution < 1.29 is 14.6 Å². The molecule has 0 radical (unpaired) electrons. The van der Waals surface area contributed by atoms with Crippen LogP contribution in [0.4, 0.5) is 0 Å². The zero-order chi connectivity index (χ0) is 20.8. The third-order valence-corrected chi connectivity index (χ3v) is 5.59. The van der Waals surface area contributed by atoms with Crippen molar-refractivity contribution in [3.8, 4) is 17.2 Å². The molecule has 0 aromatic heterocycles. The average molecular weight is 424 g/mol. The lowest BCUT2D eigenvalue weighted by molar-refractivity contribution is -0.0165. The summed E-state index contributed by atoms with van der Waals surface area (Å²) in [5.41, 5.74) is 1.20. The first-order valence-corrected chi connectivity index (χ1v) is 10.7. The minimum Gasteiger partial charge on any atom is -0.484 e. The van der Waals surface area contributed by atoms with Crippen LogP contribution in [0, 0.1) is 0 Å². The Labute approximate surface area is 182 Å². The van der Waals surface area contributed by atoms with Gasteiger partial charge in [0.2, 0.25) is 0 Å². The Kier molecular flexibility index (Phi) is 6.90. The Balaban J connectivity index is 1.42. The summed E-state index contributed by atoms with van der Waals surface area (Å²) in [6, 6.07) is 25.0.